The lowest BCUT2D eigenvalue weighted by atomic mass is 10.1. The van der Waals surface area contributed by atoms with Crippen LogP contribution in [0.2, 0.25) is 5.02 Å². The summed E-state index contributed by atoms with van der Waals surface area (Å²) in [6.07, 6.45) is 0. The van der Waals surface area contributed by atoms with Gasteiger partial charge in [-0.25, -0.2) is 8.42 Å². The Morgan fingerprint density at radius 1 is 1.22 bits per heavy atom. The molecule has 0 radical (unpaired) electrons. The number of aromatic nitrogens is 2. The molecule has 2 aromatic rings. The van der Waals surface area contributed by atoms with Crippen LogP contribution in [0.15, 0.2) is 23.1 Å². The Hall–Kier alpha value is -2.06. The van der Waals surface area contributed by atoms with E-state index in [0.717, 1.165) is 0 Å². The molecule has 0 bridgehead atoms. The van der Waals surface area contributed by atoms with E-state index in [1.807, 2.05) is 20.8 Å². The number of aryl methyl sites for hydroxylation is 1. The van der Waals surface area contributed by atoms with Crippen molar-refractivity contribution in [2.24, 2.45) is 0 Å². The molecule has 1 aromatic heterocycles. The van der Waals surface area contributed by atoms with E-state index < -0.39 is 10.0 Å². The molecule has 0 atom stereocenters. The highest BCUT2D eigenvalue weighted by Gasteiger charge is 2.29. The summed E-state index contributed by atoms with van der Waals surface area (Å²) in [5, 5.41) is 4.59. The molecule has 0 aliphatic heterocycles. The molecule has 0 saturated carbocycles. The molecule has 0 saturated heterocycles. The first kappa shape index (κ1) is 21.2. The Bertz CT molecular complexity index is 989. The Labute approximate surface area is 165 Å². The van der Waals surface area contributed by atoms with Crippen LogP contribution in [0.1, 0.15) is 42.5 Å². The highest BCUT2D eigenvalue weighted by atomic mass is 35.5. The lowest BCUT2D eigenvalue weighted by Crippen LogP contribution is -2.25. The second kappa shape index (κ2) is 7.16. The van der Waals surface area contributed by atoms with E-state index in [4.69, 9.17) is 11.6 Å². The molecule has 2 rings (SSSR count). The number of benzene rings is 1. The molecule has 1 amide bonds. The lowest BCUT2D eigenvalue weighted by molar-refractivity contribution is 0.0827. The predicted molar refractivity (Wildman–Crippen MR) is 107 cm³/mol. The summed E-state index contributed by atoms with van der Waals surface area (Å²) in [6, 6.07) is 4.48. The standard InChI is InChI=1S/C18H25ClN4O3S/c1-11-16(12(2)23(20-11)18(3,4)5)27(25,26)21-15-10-13(8-9-14(15)19)17(24)22(6)7/h8-10,21H,1-7H3. The van der Waals surface area contributed by atoms with E-state index in [1.54, 1.807) is 38.7 Å². The number of hydrogen-bond donors (Lipinski definition) is 1. The summed E-state index contributed by atoms with van der Waals surface area (Å²) in [7, 11) is -0.703. The first-order valence-corrected chi connectivity index (χ1v) is 10.2. The van der Waals surface area contributed by atoms with Gasteiger partial charge in [-0.15, -0.1) is 0 Å². The number of carbonyl (C=O) groups excluding carboxylic acids is 1. The summed E-state index contributed by atoms with van der Waals surface area (Å²) in [6.45, 7) is 9.21. The normalized spacial score (nSPS) is 12.1. The maximum Gasteiger partial charge on any atom is 0.265 e. The summed E-state index contributed by atoms with van der Waals surface area (Å²) < 4.78 is 30.2. The van der Waals surface area contributed by atoms with Gasteiger partial charge in [0.1, 0.15) is 4.90 Å². The van der Waals surface area contributed by atoms with Gasteiger partial charge in [0, 0.05) is 19.7 Å². The molecule has 1 aromatic carbocycles. The third kappa shape index (κ3) is 4.27. The molecule has 0 aliphatic carbocycles. The molecule has 1 N–H and O–H groups in total. The Morgan fingerprint density at radius 3 is 2.30 bits per heavy atom. The van der Waals surface area contributed by atoms with Crippen LogP contribution >= 0.6 is 11.6 Å². The summed E-state index contributed by atoms with van der Waals surface area (Å²) >= 11 is 6.16. The van der Waals surface area contributed by atoms with Crippen molar-refractivity contribution in [2.75, 3.05) is 18.8 Å². The SMILES string of the molecule is Cc1nn(C(C)(C)C)c(C)c1S(=O)(=O)Nc1cc(C(=O)N(C)C)ccc1Cl. The number of sulfonamides is 1. The lowest BCUT2D eigenvalue weighted by Gasteiger charge is -2.21. The van der Waals surface area contributed by atoms with E-state index in [2.05, 4.69) is 9.82 Å². The molecule has 0 aliphatic rings. The van der Waals surface area contributed by atoms with Gasteiger partial charge >= 0.3 is 0 Å². The fourth-order valence-corrected chi connectivity index (χ4v) is 4.55. The fourth-order valence-electron chi connectivity index (χ4n) is 2.86. The molecule has 0 unspecified atom stereocenters. The van der Waals surface area contributed by atoms with Crippen LogP contribution in [0, 0.1) is 13.8 Å². The van der Waals surface area contributed by atoms with Crippen LogP contribution in [0.4, 0.5) is 5.69 Å². The van der Waals surface area contributed by atoms with Crippen molar-refractivity contribution in [1.29, 1.82) is 0 Å². The fraction of sp³-hybridized carbons (Fsp3) is 0.444. The number of nitrogens with one attached hydrogen (secondary N) is 1. The molecule has 7 nitrogen and oxygen atoms in total. The topological polar surface area (TPSA) is 84.3 Å². The van der Waals surface area contributed by atoms with Crippen molar-refractivity contribution in [2.45, 2.75) is 45.1 Å². The van der Waals surface area contributed by atoms with Gasteiger partial charge in [-0.05, 0) is 52.8 Å². The van der Waals surface area contributed by atoms with Crippen molar-refractivity contribution < 1.29 is 13.2 Å². The van der Waals surface area contributed by atoms with Gasteiger partial charge in [0.25, 0.3) is 15.9 Å². The maximum atomic E-state index is 13.0. The molecule has 9 heteroatoms. The number of nitrogens with zero attached hydrogens (tertiary/aromatic N) is 3. The molecule has 1 heterocycles. The van der Waals surface area contributed by atoms with Gasteiger partial charge < -0.3 is 4.90 Å². The Morgan fingerprint density at radius 2 is 1.81 bits per heavy atom. The zero-order valence-corrected chi connectivity index (χ0v) is 18.2. The average molecular weight is 413 g/mol. The molecular weight excluding hydrogens is 388 g/mol. The molecule has 0 fully saturated rings. The van der Waals surface area contributed by atoms with Crippen LogP contribution in [-0.4, -0.2) is 43.1 Å². The van der Waals surface area contributed by atoms with Crippen LogP contribution in [0.25, 0.3) is 0 Å². The van der Waals surface area contributed by atoms with Gasteiger partial charge in [0.2, 0.25) is 0 Å². The van der Waals surface area contributed by atoms with Crippen LogP contribution in [-0.2, 0) is 15.6 Å². The summed E-state index contributed by atoms with van der Waals surface area (Å²) in [5.74, 6) is -0.250. The molecule has 27 heavy (non-hydrogen) atoms. The monoisotopic (exact) mass is 412 g/mol. The number of anilines is 1. The third-order valence-corrected chi connectivity index (χ3v) is 5.94. The number of carbonyl (C=O) groups is 1. The van der Waals surface area contributed by atoms with Gasteiger partial charge in [-0.2, -0.15) is 5.10 Å². The average Bonchev–Trinajstić information content (AvgIpc) is 2.84. The van der Waals surface area contributed by atoms with Gasteiger partial charge in [-0.3, -0.25) is 14.2 Å². The minimum Gasteiger partial charge on any atom is -0.345 e. The molecular formula is C18H25ClN4O3S. The number of hydrogen-bond acceptors (Lipinski definition) is 4. The van der Waals surface area contributed by atoms with E-state index in [9.17, 15) is 13.2 Å². The smallest absolute Gasteiger partial charge is 0.265 e. The highest BCUT2D eigenvalue weighted by molar-refractivity contribution is 7.92. The second-order valence-corrected chi connectivity index (χ2v) is 9.61. The third-order valence-electron chi connectivity index (χ3n) is 3.99. The Balaban J connectivity index is 2.51. The molecule has 0 spiro atoms. The Kier molecular flexibility index (Phi) is 5.64. The van der Waals surface area contributed by atoms with Crippen LogP contribution in [0.5, 0.6) is 0 Å². The predicted octanol–water partition coefficient (Wildman–Crippen LogP) is 3.41. The van der Waals surface area contributed by atoms with Gasteiger partial charge in [-0.1, -0.05) is 11.6 Å². The van der Waals surface area contributed by atoms with Crippen LogP contribution in [0.3, 0.4) is 0 Å². The van der Waals surface area contributed by atoms with Gasteiger partial charge in [0.05, 0.1) is 27.6 Å². The minimum absolute atomic E-state index is 0.109. The molecule has 148 valence electrons. The number of halogens is 1. The zero-order valence-electron chi connectivity index (χ0n) is 16.6. The number of amides is 1. The van der Waals surface area contributed by atoms with Gasteiger partial charge in [0.15, 0.2) is 0 Å². The maximum absolute atomic E-state index is 13.0. The second-order valence-electron chi connectivity index (χ2n) is 7.58. The summed E-state index contributed by atoms with van der Waals surface area (Å²) in [5.41, 5.74) is 1.04. The first-order valence-electron chi connectivity index (χ1n) is 8.36. The first-order chi connectivity index (χ1) is 12.3. The quantitative estimate of drug-likeness (QED) is 0.833. The largest absolute Gasteiger partial charge is 0.345 e. The van der Waals surface area contributed by atoms with E-state index in [1.165, 1.54) is 17.0 Å². The van der Waals surface area contributed by atoms with E-state index in [0.29, 0.717) is 17.0 Å². The van der Waals surface area contributed by atoms with Crippen molar-refractivity contribution in [1.82, 2.24) is 14.7 Å². The van der Waals surface area contributed by atoms with Crippen LogP contribution < -0.4 is 4.72 Å². The van der Waals surface area contributed by atoms with Crippen molar-refractivity contribution in [3.8, 4) is 0 Å². The minimum atomic E-state index is -3.94. The van der Waals surface area contributed by atoms with Crippen molar-refractivity contribution in [3.05, 3.63) is 40.2 Å². The van der Waals surface area contributed by atoms with Crippen molar-refractivity contribution >= 4 is 33.2 Å². The highest BCUT2D eigenvalue weighted by Crippen LogP contribution is 2.30. The van der Waals surface area contributed by atoms with E-state index in [-0.39, 0.29) is 27.1 Å². The van der Waals surface area contributed by atoms with Crippen molar-refractivity contribution in [3.63, 3.8) is 0 Å². The number of rotatable bonds is 4. The zero-order chi connectivity index (χ0) is 20.7. The summed E-state index contributed by atoms with van der Waals surface area (Å²) in [4.78, 5) is 13.7. The van der Waals surface area contributed by atoms with E-state index >= 15 is 0 Å².